The first-order chi connectivity index (χ1) is 6.65. The lowest BCUT2D eigenvalue weighted by Gasteiger charge is -1.90. The van der Waals surface area contributed by atoms with E-state index in [9.17, 15) is 4.79 Å². The molecule has 1 aromatic heterocycles. The Labute approximate surface area is 92.1 Å². The normalized spacial score (nSPS) is 10.4. The number of carbonyl (C=O) groups is 1. The molecule has 0 aliphatic rings. The van der Waals surface area contributed by atoms with Gasteiger partial charge in [0.2, 0.25) is 0 Å². The van der Waals surface area contributed by atoms with E-state index < -0.39 is 6.16 Å². The van der Waals surface area contributed by atoms with Gasteiger partial charge in [0.05, 0.1) is 0 Å². The van der Waals surface area contributed by atoms with Crippen molar-refractivity contribution in [3.63, 3.8) is 0 Å². The quantitative estimate of drug-likeness (QED) is 0.805. The number of ether oxygens (including phenoxy) is 1. The first-order valence-corrected chi connectivity index (χ1v) is 5.36. The molecule has 0 spiro atoms. The Kier molecular flexibility index (Phi) is 2.43. The maximum Gasteiger partial charge on any atom is 0.512 e. The van der Waals surface area contributed by atoms with E-state index in [0.29, 0.717) is 5.06 Å². The monoisotopic (exact) mass is 272 g/mol. The van der Waals surface area contributed by atoms with Gasteiger partial charge in [0.25, 0.3) is 0 Å². The van der Waals surface area contributed by atoms with Gasteiger partial charge in [-0.15, -0.1) is 0 Å². The summed E-state index contributed by atoms with van der Waals surface area (Å²) >= 11 is 4.65. The summed E-state index contributed by atoms with van der Waals surface area (Å²) in [5.41, 5.74) is 0. The molecule has 0 saturated heterocycles. The highest BCUT2D eigenvalue weighted by molar-refractivity contribution is 9.10. The average molecular weight is 273 g/mol. The molecule has 0 atom stereocenters. The van der Waals surface area contributed by atoms with E-state index in [4.69, 9.17) is 5.11 Å². The SMILES string of the molecule is O=C(O)Oc1cc2cc(Br)ccc2s1. The van der Waals surface area contributed by atoms with E-state index in [1.807, 2.05) is 18.2 Å². The Morgan fingerprint density at radius 1 is 1.43 bits per heavy atom. The number of rotatable bonds is 1. The molecule has 2 aromatic rings. The lowest BCUT2D eigenvalue weighted by atomic mass is 10.3. The van der Waals surface area contributed by atoms with Crippen LogP contribution >= 0.6 is 27.3 Å². The van der Waals surface area contributed by atoms with Crippen molar-refractivity contribution in [3.05, 3.63) is 28.7 Å². The van der Waals surface area contributed by atoms with Gasteiger partial charge in [-0.2, -0.15) is 0 Å². The summed E-state index contributed by atoms with van der Waals surface area (Å²) in [5, 5.41) is 9.79. The first kappa shape index (κ1) is 9.48. The highest BCUT2D eigenvalue weighted by atomic mass is 79.9. The predicted octanol–water partition coefficient (Wildman–Crippen LogP) is 3.72. The minimum absolute atomic E-state index is 0.394. The molecular formula is C9H5BrO3S. The van der Waals surface area contributed by atoms with Gasteiger partial charge in [-0.05, 0) is 23.6 Å². The van der Waals surface area contributed by atoms with Crippen molar-refractivity contribution < 1.29 is 14.6 Å². The van der Waals surface area contributed by atoms with E-state index >= 15 is 0 Å². The number of carboxylic acid groups (broad SMARTS) is 1. The van der Waals surface area contributed by atoms with E-state index in [0.717, 1.165) is 14.6 Å². The molecule has 0 bridgehead atoms. The highest BCUT2D eigenvalue weighted by Gasteiger charge is 2.06. The molecule has 3 nitrogen and oxygen atoms in total. The number of halogens is 1. The number of fused-ring (bicyclic) bond motifs is 1. The van der Waals surface area contributed by atoms with Crippen LogP contribution in [-0.4, -0.2) is 11.3 Å². The Morgan fingerprint density at radius 2 is 2.21 bits per heavy atom. The molecule has 2 rings (SSSR count). The maximum atomic E-state index is 10.3. The lowest BCUT2D eigenvalue weighted by molar-refractivity contribution is 0.146. The molecule has 0 unspecified atom stereocenters. The molecule has 5 heteroatoms. The maximum absolute atomic E-state index is 10.3. The van der Waals surface area contributed by atoms with Gasteiger partial charge in [-0.1, -0.05) is 27.3 Å². The molecule has 0 fully saturated rings. The summed E-state index contributed by atoms with van der Waals surface area (Å²) in [4.78, 5) is 10.3. The van der Waals surface area contributed by atoms with E-state index in [1.165, 1.54) is 11.3 Å². The molecule has 14 heavy (non-hydrogen) atoms. The summed E-state index contributed by atoms with van der Waals surface area (Å²) < 4.78 is 6.53. The van der Waals surface area contributed by atoms with Crippen LogP contribution in [0.4, 0.5) is 4.79 Å². The second-order valence-electron chi connectivity index (χ2n) is 2.62. The van der Waals surface area contributed by atoms with Gasteiger partial charge in [0.15, 0.2) is 5.06 Å². The van der Waals surface area contributed by atoms with Crippen LogP contribution in [0.3, 0.4) is 0 Å². The summed E-state index contributed by atoms with van der Waals surface area (Å²) in [6.45, 7) is 0. The van der Waals surface area contributed by atoms with Crippen LogP contribution in [0.1, 0.15) is 0 Å². The second-order valence-corrected chi connectivity index (χ2v) is 4.58. The van der Waals surface area contributed by atoms with Crippen molar-refractivity contribution in [1.29, 1.82) is 0 Å². The number of thiophene rings is 1. The summed E-state index contributed by atoms with van der Waals surface area (Å²) in [7, 11) is 0. The smallest absolute Gasteiger partial charge is 0.449 e. The van der Waals surface area contributed by atoms with Gasteiger partial charge < -0.3 is 9.84 Å². The molecule has 0 radical (unpaired) electrons. The van der Waals surface area contributed by atoms with Gasteiger partial charge in [0.1, 0.15) is 0 Å². The predicted molar refractivity (Wildman–Crippen MR) is 58.2 cm³/mol. The third kappa shape index (κ3) is 1.88. The molecule has 72 valence electrons. The molecule has 1 heterocycles. The van der Waals surface area contributed by atoms with Crippen LogP contribution < -0.4 is 4.74 Å². The van der Waals surface area contributed by atoms with Crippen LogP contribution in [0.5, 0.6) is 5.06 Å². The minimum Gasteiger partial charge on any atom is -0.449 e. The van der Waals surface area contributed by atoms with Gasteiger partial charge >= 0.3 is 6.16 Å². The molecule has 1 N–H and O–H groups in total. The van der Waals surface area contributed by atoms with Crippen molar-refractivity contribution in [1.82, 2.24) is 0 Å². The first-order valence-electron chi connectivity index (χ1n) is 3.75. The topological polar surface area (TPSA) is 46.5 Å². The zero-order chi connectivity index (χ0) is 10.1. The lowest BCUT2D eigenvalue weighted by Crippen LogP contribution is -2.00. The van der Waals surface area contributed by atoms with Crippen LogP contribution in [-0.2, 0) is 0 Å². The summed E-state index contributed by atoms with van der Waals surface area (Å²) in [5.74, 6) is 0. The average Bonchev–Trinajstić information content (AvgIpc) is 2.44. The van der Waals surface area contributed by atoms with Gasteiger partial charge in [-0.3, -0.25) is 0 Å². The Bertz CT molecular complexity index is 492. The Morgan fingerprint density at radius 3 is 2.93 bits per heavy atom. The van der Waals surface area contributed by atoms with Crippen LogP contribution in [0.2, 0.25) is 0 Å². The van der Waals surface area contributed by atoms with Gasteiger partial charge in [-0.25, -0.2) is 4.79 Å². The molecule has 1 aromatic carbocycles. The third-order valence-corrected chi connectivity index (χ3v) is 3.13. The van der Waals surface area contributed by atoms with Crippen molar-refractivity contribution in [2.45, 2.75) is 0 Å². The molecule has 0 aliphatic heterocycles. The molecule has 0 saturated carbocycles. The van der Waals surface area contributed by atoms with Crippen molar-refractivity contribution >= 4 is 43.5 Å². The summed E-state index contributed by atoms with van der Waals surface area (Å²) in [6, 6.07) is 7.45. The zero-order valence-corrected chi connectivity index (χ0v) is 9.26. The van der Waals surface area contributed by atoms with Crippen LogP contribution in [0.15, 0.2) is 28.7 Å². The third-order valence-electron chi connectivity index (χ3n) is 1.64. The zero-order valence-electron chi connectivity index (χ0n) is 6.86. The standard InChI is InChI=1S/C9H5BrO3S/c10-6-1-2-7-5(3-6)4-8(14-7)13-9(11)12/h1-4H,(H,11,12). The fourth-order valence-corrected chi connectivity index (χ4v) is 2.39. The number of hydrogen-bond acceptors (Lipinski definition) is 3. The van der Waals surface area contributed by atoms with Crippen molar-refractivity contribution in [2.24, 2.45) is 0 Å². The van der Waals surface area contributed by atoms with E-state index in [1.54, 1.807) is 6.07 Å². The molecule has 0 aliphatic carbocycles. The highest BCUT2D eigenvalue weighted by Crippen LogP contribution is 2.33. The van der Waals surface area contributed by atoms with Crippen molar-refractivity contribution in [2.75, 3.05) is 0 Å². The molecule has 0 amide bonds. The fourth-order valence-electron chi connectivity index (χ4n) is 1.13. The summed E-state index contributed by atoms with van der Waals surface area (Å²) in [6.07, 6.45) is -1.28. The van der Waals surface area contributed by atoms with Crippen LogP contribution in [0.25, 0.3) is 10.1 Å². The largest absolute Gasteiger partial charge is 0.512 e. The van der Waals surface area contributed by atoms with Crippen molar-refractivity contribution in [3.8, 4) is 5.06 Å². The fraction of sp³-hybridized carbons (Fsp3) is 0. The van der Waals surface area contributed by atoms with Gasteiger partial charge in [0, 0.05) is 15.2 Å². The van der Waals surface area contributed by atoms with E-state index in [-0.39, 0.29) is 0 Å². The second kappa shape index (κ2) is 3.59. The molecular weight excluding hydrogens is 268 g/mol. The Balaban J connectivity index is 2.46. The number of hydrogen-bond donors (Lipinski definition) is 1. The van der Waals surface area contributed by atoms with E-state index in [2.05, 4.69) is 20.7 Å². The number of benzene rings is 1. The minimum atomic E-state index is -1.28. The Hall–Kier alpha value is -1.07. The van der Waals surface area contributed by atoms with Crippen LogP contribution in [0, 0.1) is 0 Å².